The minimum Gasteiger partial charge on any atom is -0.370 e. The number of nitrogens with zero attached hydrogens (tertiary/aromatic N) is 3. The third-order valence-electron chi connectivity index (χ3n) is 7.83. The maximum Gasteiger partial charge on any atom is 0.243 e. The molecule has 40 heavy (non-hydrogen) atoms. The second-order valence-corrected chi connectivity index (χ2v) is 11.7. The van der Waals surface area contributed by atoms with Crippen LogP contribution in [0, 0.1) is 0 Å². The predicted molar refractivity (Wildman–Crippen MR) is 156 cm³/mol. The van der Waals surface area contributed by atoms with E-state index in [1.165, 1.54) is 11.3 Å². The monoisotopic (exact) mass is 561 g/mol. The number of hydrogen-bond acceptors (Lipinski definition) is 7. The first-order valence-corrected chi connectivity index (χ1v) is 14.5. The summed E-state index contributed by atoms with van der Waals surface area (Å²) in [4.78, 5) is 51.2. The molecule has 210 valence electrons. The van der Waals surface area contributed by atoms with E-state index in [2.05, 4.69) is 15.3 Å². The lowest BCUT2D eigenvalue weighted by molar-refractivity contribution is -0.148. The van der Waals surface area contributed by atoms with E-state index in [1.807, 2.05) is 54.6 Å². The summed E-state index contributed by atoms with van der Waals surface area (Å²) < 4.78 is 0.895. The van der Waals surface area contributed by atoms with Crippen LogP contribution in [0.25, 0.3) is 10.2 Å². The van der Waals surface area contributed by atoms with Crippen LogP contribution < -0.4 is 22.5 Å². The van der Waals surface area contributed by atoms with Crippen molar-refractivity contribution in [3.8, 4) is 0 Å². The third kappa shape index (κ3) is 5.85. The van der Waals surface area contributed by atoms with Gasteiger partial charge >= 0.3 is 0 Å². The Hall–Kier alpha value is -3.83. The number of piperidine rings is 1. The molecule has 10 nitrogen and oxygen atoms in total. The van der Waals surface area contributed by atoms with Gasteiger partial charge in [0.25, 0.3) is 0 Å². The number of benzene rings is 2. The summed E-state index contributed by atoms with van der Waals surface area (Å²) in [5.74, 6) is -0.844. The number of guanidine groups is 1. The number of carbonyl (C=O) groups is 3. The zero-order chi connectivity index (χ0) is 28.3. The first-order chi connectivity index (χ1) is 19.2. The summed E-state index contributed by atoms with van der Waals surface area (Å²) in [7, 11) is 0. The maximum atomic E-state index is 13.8. The molecule has 1 aromatic heterocycles. The summed E-state index contributed by atoms with van der Waals surface area (Å²) in [6.45, 7) is 0.327. The van der Waals surface area contributed by atoms with Crippen molar-refractivity contribution in [1.29, 1.82) is 0 Å². The Balaban J connectivity index is 1.33. The van der Waals surface area contributed by atoms with Crippen molar-refractivity contribution in [2.45, 2.75) is 68.6 Å². The van der Waals surface area contributed by atoms with Crippen LogP contribution in [0.5, 0.6) is 0 Å². The Bertz CT molecular complexity index is 1390. The predicted octanol–water partition coefficient (Wildman–Crippen LogP) is 2.11. The highest BCUT2D eigenvalue weighted by Crippen LogP contribution is 2.37. The number of aromatic nitrogens is 1. The number of para-hydroxylation sites is 1. The van der Waals surface area contributed by atoms with E-state index in [4.69, 9.17) is 17.2 Å². The van der Waals surface area contributed by atoms with Crippen molar-refractivity contribution in [3.63, 3.8) is 0 Å². The number of aliphatic imine (C=N–C) groups is 1. The van der Waals surface area contributed by atoms with Crippen LogP contribution >= 0.6 is 11.3 Å². The van der Waals surface area contributed by atoms with Gasteiger partial charge in [0.05, 0.1) is 21.8 Å². The van der Waals surface area contributed by atoms with E-state index in [0.717, 1.165) is 28.6 Å². The molecule has 0 bridgehead atoms. The molecule has 0 radical (unpaired) electrons. The van der Waals surface area contributed by atoms with E-state index in [9.17, 15) is 14.4 Å². The molecule has 0 spiro atoms. The molecule has 2 amide bonds. The first-order valence-electron chi connectivity index (χ1n) is 13.7. The third-order valence-corrected chi connectivity index (χ3v) is 8.89. The molecule has 5 rings (SSSR count). The van der Waals surface area contributed by atoms with Crippen molar-refractivity contribution in [2.75, 3.05) is 6.54 Å². The molecular weight excluding hydrogens is 526 g/mol. The number of rotatable bonds is 10. The van der Waals surface area contributed by atoms with Crippen molar-refractivity contribution >= 4 is 45.1 Å². The molecule has 11 heteroatoms. The number of fused-ring (bicyclic) bond motifs is 2. The van der Waals surface area contributed by atoms with E-state index in [-0.39, 0.29) is 29.6 Å². The second-order valence-electron chi connectivity index (χ2n) is 10.7. The molecule has 2 saturated heterocycles. The number of nitrogens with one attached hydrogen (secondary N) is 1. The van der Waals surface area contributed by atoms with Crippen LogP contribution in [0.2, 0.25) is 0 Å². The number of carbonyl (C=O) groups excluding carboxylic acids is 3. The van der Waals surface area contributed by atoms with Crippen LogP contribution in [0.1, 0.15) is 53.9 Å². The zero-order valence-electron chi connectivity index (χ0n) is 22.3. The number of ketones is 1. The van der Waals surface area contributed by atoms with Gasteiger partial charge in [-0.1, -0.05) is 42.5 Å². The number of amides is 2. The summed E-state index contributed by atoms with van der Waals surface area (Å²) in [6, 6.07) is 15.7. The molecule has 2 aliphatic heterocycles. The largest absolute Gasteiger partial charge is 0.370 e. The fraction of sp³-hybridized carbons (Fsp3) is 0.414. The van der Waals surface area contributed by atoms with Gasteiger partial charge in [-0.25, -0.2) is 4.98 Å². The van der Waals surface area contributed by atoms with Crippen LogP contribution in [0.4, 0.5) is 0 Å². The Morgan fingerprint density at radius 3 is 2.60 bits per heavy atom. The van der Waals surface area contributed by atoms with Gasteiger partial charge in [0, 0.05) is 12.6 Å². The van der Waals surface area contributed by atoms with E-state index in [0.29, 0.717) is 43.7 Å². The highest BCUT2D eigenvalue weighted by molar-refractivity contribution is 7.20. The quantitative estimate of drug-likeness (QED) is 0.127. The minimum absolute atomic E-state index is 0.0283. The fourth-order valence-corrected chi connectivity index (χ4v) is 6.77. The zero-order valence-corrected chi connectivity index (χ0v) is 23.1. The smallest absolute Gasteiger partial charge is 0.243 e. The molecule has 1 unspecified atom stereocenters. The van der Waals surface area contributed by atoms with Crippen LogP contribution in [0.15, 0.2) is 59.6 Å². The normalized spacial score (nSPS) is 23.0. The number of hydrogen-bond donors (Lipinski definition) is 4. The SMILES string of the molecule is NC(N)=NCCC[C@H](NC(=O)C1CC[C@@H]2CC[C@@](N)(Cc3ccccc3)C(=O)N12)C(=O)c1nc2ccccc2s1. The molecule has 4 atom stereocenters. The molecule has 2 aromatic carbocycles. The Morgan fingerprint density at radius 2 is 1.85 bits per heavy atom. The first kappa shape index (κ1) is 27.7. The van der Waals surface area contributed by atoms with Gasteiger partial charge in [-0.3, -0.25) is 19.4 Å². The van der Waals surface area contributed by atoms with Gasteiger partial charge in [-0.15, -0.1) is 11.3 Å². The molecule has 2 aliphatic rings. The molecule has 7 N–H and O–H groups in total. The van der Waals surface area contributed by atoms with Crippen LogP contribution in [-0.4, -0.2) is 63.7 Å². The highest BCUT2D eigenvalue weighted by atomic mass is 32.1. The van der Waals surface area contributed by atoms with E-state index < -0.39 is 17.6 Å². The average molecular weight is 562 g/mol. The van der Waals surface area contributed by atoms with Gasteiger partial charge in [-0.05, 0) is 62.6 Å². The molecule has 0 saturated carbocycles. The van der Waals surface area contributed by atoms with Crippen molar-refractivity contribution in [3.05, 3.63) is 65.2 Å². The van der Waals surface area contributed by atoms with Gasteiger partial charge in [0.1, 0.15) is 6.04 Å². The van der Waals surface area contributed by atoms with Gasteiger partial charge in [0.15, 0.2) is 11.0 Å². The summed E-state index contributed by atoms with van der Waals surface area (Å²) in [5, 5.41) is 3.28. The number of nitrogens with two attached hydrogens (primary N) is 3. The average Bonchev–Trinajstić information content (AvgIpc) is 3.57. The van der Waals surface area contributed by atoms with Crippen molar-refractivity contribution in [1.82, 2.24) is 15.2 Å². The lowest BCUT2D eigenvalue weighted by atomic mass is 9.81. The maximum absolute atomic E-state index is 13.8. The van der Waals surface area contributed by atoms with E-state index in [1.54, 1.807) is 4.90 Å². The van der Waals surface area contributed by atoms with Crippen LogP contribution in [-0.2, 0) is 16.0 Å². The Kier molecular flexibility index (Phi) is 8.13. The molecular formula is C29H35N7O3S. The fourth-order valence-electron chi connectivity index (χ4n) is 5.81. The highest BCUT2D eigenvalue weighted by Gasteiger charge is 2.51. The molecule has 3 heterocycles. The van der Waals surface area contributed by atoms with E-state index >= 15 is 0 Å². The van der Waals surface area contributed by atoms with Crippen molar-refractivity contribution < 1.29 is 14.4 Å². The summed E-state index contributed by atoms with van der Waals surface area (Å²) >= 11 is 1.30. The second kappa shape index (κ2) is 11.7. The van der Waals surface area contributed by atoms with Gasteiger partial charge in [0.2, 0.25) is 17.6 Å². The molecule has 0 aliphatic carbocycles. The topological polar surface area (TPSA) is 170 Å². The summed E-state index contributed by atoms with van der Waals surface area (Å²) in [6.07, 6.45) is 3.79. The number of thiazole rings is 1. The Labute approximate surface area is 237 Å². The standard InChI is InChI=1S/C29H35N7O3S/c30-28(31)33-16-6-10-21(24(37)26-35-20-9-4-5-11-23(20)40-26)34-25(38)22-13-12-19-14-15-29(32,27(39)36(19)22)17-18-7-2-1-3-8-18/h1-5,7-9,11,19,21-22H,6,10,12-17,32H2,(H,34,38)(H4,30,31,33)/t19-,21+,22?,29-/m1/s1. The van der Waals surface area contributed by atoms with Crippen molar-refractivity contribution in [2.24, 2.45) is 22.2 Å². The number of Topliss-reactive ketones (excluding diaryl/α,β-unsaturated/α-hetero) is 1. The lowest BCUT2D eigenvalue weighted by Gasteiger charge is -2.43. The Morgan fingerprint density at radius 1 is 1.10 bits per heavy atom. The van der Waals surface area contributed by atoms with Gasteiger partial charge < -0.3 is 27.4 Å². The van der Waals surface area contributed by atoms with Crippen LogP contribution in [0.3, 0.4) is 0 Å². The lowest BCUT2D eigenvalue weighted by Crippen LogP contribution is -2.65. The molecule has 2 fully saturated rings. The minimum atomic E-state index is -1.07. The van der Waals surface area contributed by atoms with Gasteiger partial charge in [-0.2, -0.15) is 0 Å². The molecule has 3 aromatic rings. The summed E-state index contributed by atoms with van der Waals surface area (Å²) in [5.41, 5.74) is 18.2.